The number of nitrogens with zero attached hydrogens (tertiary/aromatic N) is 4. The molecule has 1 saturated heterocycles. The van der Waals surface area contributed by atoms with E-state index >= 15 is 0 Å². The molecule has 0 radical (unpaired) electrons. The zero-order valence-electron chi connectivity index (χ0n) is 22.8. The van der Waals surface area contributed by atoms with Crippen LogP contribution in [0.3, 0.4) is 0 Å². The molecule has 0 bridgehead atoms. The van der Waals surface area contributed by atoms with Crippen LogP contribution in [0.25, 0.3) is 22.2 Å². The quantitative estimate of drug-likeness (QED) is 0.221. The van der Waals surface area contributed by atoms with Crippen molar-refractivity contribution >= 4 is 38.1 Å². The summed E-state index contributed by atoms with van der Waals surface area (Å²) in [4.78, 5) is 11.6. The average Bonchev–Trinajstić information content (AvgIpc) is 3.67. The van der Waals surface area contributed by atoms with E-state index in [0.29, 0.717) is 17.3 Å². The number of nitrogens with one attached hydrogen (secondary N) is 2. The molecular weight excluding hydrogens is 536 g/mol. The number of ether oxygens (including phenoxy) is 1. The van der Waals surface area contributed by atoms with Crippen LogP contribution in [0.1, 0.15) is 12.8 Å². The molecule has 2 N–H and O–H groups in total. The van der Waals surface area contributed by atoms with Crippen LogP contribution in [-0.2, 0) is 16.6 Å². The number of benzene rings is 3. The highest BCUT2D eigenvalue weighted by molar-refractivity contribution is 7.92. The van der Waals surface area contributed by atoms with Crippen molar-refractivity contribution in [1.82, 2.24) is 19.4 Å². The maximum atomic E-state index is 12.7. The molecule has 5 aromatic rings. The first-order chi connectivity index (χ1) is 20.0. The molecule has 2 aromatic heterocycles. The zero-order valence-corrected chi connectivity index (χ0v) is 23.6. The summed E-state index contributed by atoms with van der Waals surface area (Å²) in [6, 6.07) is 23.7. The van der Waals surface area contributed by atoms with Gasteiger partial charge in [-0.15, -0.1) is 0 Å². The SMILES string of the molecule is COc1ccc(S(=O)(=O)Nc2ccc(Nc3cc(-c4ccc5c(ccn5CCN5CCCC5)c4)ncn3)cc2)cc1. The van der Waals surface area contributed by atoms with E-state index in [9.17, 15) is 8.42 Å². The van der Waals surface area contributed by atoms with E-state index in [1.54, 1.807) is 42.7 Å². The number of anilines is 3. The molecule has 0 unspecified atom stereocenters. The van der Waals surface area contributed by atoms with Crippen LogP contribution in [0.2, 0.25) is 0 Å². The zero-order chi connectivity index (χ0) is 28.2. The first-order valence-corrected chi connectivity index (χ1v) is 15.1. The van der Waals surface area contributed by atoms with Gasteiger partial charge in [-0.3, -0.25) is 4.72 Å². The van der Waals surface area contributed by atoms with E-state index in [0.717, 1.165) is 30.0 Å². The van der Waals surface area contributed by atoms with Gasteiger partial charge in [0.1, 0.15) is 17.9 Å². The Balaban J connectivity index is 1.12. The highest BCUT2D eigenvalue weighted by atomic mass is 32.2. The Labute approximate surface area is 239 Å². The molecule has 9 nitrogen and oxygen atoms in total. The van der Waals surface area contributed by atoms with Crippen LogP contribution >= 0.6 is 0 Å². The lowest BCUT2D eigenvalue weighted by atomic mass is 10.1. The monoisotopic (exact) mass is 568 g/mol. The van der Waals surface area contributed by atoms with Crippen molar-refractivity contribution in [3.8, 4) is 17.0 Å². The van der Waals surface area contributed by atoms with Gasteiger partial charge in [-0.1, -0.05) is 6.07 Å². The van der Waals surface area contributed by atoms with Crippen LogP contribution in [0.4, 0.5) is 17.2 Å². The third-order valence-corrected chi connectivity index (χ3v) is 8.77. The summed E-state index contributed by atoms with van der Waals surface area (Å²) in [6.07, 6.45) is 6.33. The van der Waals surface area contributed by atoms with Crippen molar-refractivity contribution < 1.29 is 13.2 Å². The van der Waals surface area contributed by atoms with Crippen molar-refractivity contribution in [2.24, 2.45) is 0 Å². The number of likely N-dealkylation sites (tertiary alicyclic amines) is 1. The highest BCUT2D eigenvalue weighted by Crippen LogP contribution is 2.27. The summed E-state index contributed by atoms with van der Waals surface area (Å²) in [5.74, 6) is 1.24. The predicted octanol–water partition coefficient (Wildman–Crippen LogP) is 5.75. The van der Waals surface area contributed by atoms with E-state index in [4.69, 9.17) is 4.74 Å². The molecule has 0 aliphatic carbocycles. The van der Waals surface area contributed by atoms with Gasteiger partial charge in [0.2, 0.25) is 0 Å². The third kappa shape index (κ3) is 6.18. The largest absolute Gasteiger partial charge is 0.497 e. The molecule has 6 rings (SSSR count). The Morgan fingerprint density at radius 2 is 1.61 bits per heavy atom. The summed E-state index contributed by atoms with van der Waals surface area (Å²) >= 11 is 0. The first-order valence-electron chi connectivity index (χ1n) is 13.6. The van der Waals surface area contributed by atoms with Crippen LogP contribution in [0, 0.1) is 0 Å². The standard InChI is InChI=1S/C31H32N6O3S/c1-40-27-9-11-28(12-10-27)41(38,39)35-26-7-5-25(6-8-26)34-31-21-29(32-22-33-31)23-4-13-30-24(20-23)14-17-37(30)19-18-36-15-2-3-16-36/h4-14,17,20-22,35H,2-3,15-16,18-19H2,1H3,(H,32,33,34). The lowest BCUT2D eigenvalue weighted by Gasteiger charge is -2.15. The smallest absolute Gasteiger partial charge is 0.261 e. The van der Waals surface area contributed by atoms with Gasteiger partial charge in [0.05, 0.1) is 17.7 Å². The minimum absolute atomic E-state index is 0.158. The second-order valence-corrected chi connectivity index (χ2v) is 11.8. The first kappa shape index (κ1) is 26.8. The second-order valence-electron chi connectivity index (χ2n) is 10.1. The molecular formula is C31H32N6O3S. The lowest BCUT2D eigenvalue weighted by molar-refractivity contribution is 0.324. The average molecular weight is 569 g/mol. The summed E-state index contributed by atoms with van der Waals surface area (Å²) in [5, 5.41) is 4.47. The van der Waals surface area contributed by atoms with Crippen LogP contribution in [-0.4, -0.2) is 54.6 Å². The van der Waals surface area contributed by atoms with Gasteiger partial charge in [-0.05, 0) is 92.7 Å². The molecule has 0 spiro atoms. The van der Waals surface area contributed by atoms with E-state index in [2.05, 4.69) is 59.9 Å². The predicted molar refractivity (Wildman–Crippen MR) is 162 cm³/mol. The fourth-order valence-electron chi connectivity index (χ4n) is 5.13. The minimum atomic E-state index is -3.72. The number of rotatable bonds is 10. The number of methoxy groups -OCH3 is 1. The number of aromatic nitrogens is 3. The summed E-state index contributed by atoms with van der Waals surface area (Å²) in [5.41, 5.74) is 4.28. The van der Waals surface area contributed by atoms with E-state index in [-0.39, 0.29) is 4.90 Å². The summed E-state index contributed by atoms with van der Waals surface area (Å²) < 4.78 is 35.5. The van der Waals surface area contributed by atoms with Crippen molar-refractivity contribution in [3.05, 3.63) is 91.4 Å². The number of fused-ring (bicyclic) bond motifs is 1. The van der Waals surface area contributed by atoms with Gasteiger partial charge in [-0.2, -0.15) is 0 Å². The van der Waals surface area contributed by atoms with Crippen molar-refractivity contribution in [2.45, 2.75) is 24.3 Å². The fourth-order valence-corrected chi connectivity index (χ4v) is 6.19. The molecule has 3 heterocycles. The molecule has 1 aliphatic rings. The Kier molecular flexibility index (Phi) is 7.58. The molecule has 3 aromatic carbocycles. The van der Waals surface area contributed by atoms with Crippen LogP contribution < -0.4 is 14.8 Å². The molecule has 0 amide bonds. The Morgan fingerprint density at radius 1 is 0.854 bits per heavy atom. The normalized spacial score (nSPS) is 13.9. The van der Waals surface area contributed by atoms with Crippen LogP contribution in [0.5, 0.6) is 5.75 Å². The summed E-state index contributed by atoms with van der Waals surface area (Å²) in [6.45, 7) is 4.50. The van der Waals surface area contributed by atoms with Crippen molar-refractivity contribution in [2.75, 3.05) is 36.8 Å². The molecule has 1 aliphatic heterocycles. The van der Waals surface area contributed by atoms with Gasteiger partial charge in [0.15, 0.2) is 0 Å². The molecule has 210 valence electrons. The topological polar surface area (TPSA) is 101 Å². The molecule has 10 heteroatoms. The Morgan fingerprint density at radius 3 is 2.37 bits per heavy atom. The lowest BCUT2D eigenvalue weighted by Crippen LogP contribution is -2.23. The van der Waals surface area contributed by atoms with E-state index in [1.807, 2.05) is 6.07 Å². The molecule has 0 atom stereocenters. The maximum absolute atomic E-state index is 12.7. The van der Waals surface area contributed by atoms with Gasteiger partial charge in [0, 0.05) is 53.2 Å². The third-order valence-electron chi connectivity index (χ3n) is 7.37. The number of hydrogen-bond donors (Lipinski definition) is 2. The minimum Gasteiger partial charge on any atom is -0.497 e. The van der Waals surface area contributed by atoms with Gasteiger partial charge in [-0.25, -0.2) is 18.4 Å². The molecule has 1 fully saturated rings. The molecule has 0 saturated carbocycles. The molecule has 41 heavy (non-hydrogen) atoms. The van der Waals surface area contributed by atoms with Crippen molar-refractivity contribution in [3.63, 3.8) is 0 Å². The Bertz CT molecular complexity index is 1750. The fraction of sp³-hybridized carbons (Fsp3) is 0.226. The van der Waals surface area contributed by atoms with Gasteiger partial charge < -0.3 is 19.5 Å². The number of sulfonamides is 1. The van der Waals surface area contributed by atoms with Crippen LogP contribution in [0.15, 0.2) is 96.3 Å². The van der Waals surface area contributed by atoms with E-state index < -0.39 is 10.0 Å². The maximum Gasteiger partial charge on any atom is 0.261 e. The van der Waals surface area contributed by atoms with Gasteiger partial charge in [0.25, 0.3) is 10.0 Å². The van der Waals surface area contributed by atoms with Crippen molar-refractivity contribution in [1.29, 1.82) is 0 Å². The van der Waals surface area contributed by atoms with E-state index in [1.165, 1.54) is 56.1 Å². The Hall–Kier alpha value is -4.41. The summed E-state index contributed by atoms with van der Waals surface area (Å²) in [7, 11) is -2.18. The van der Waals surface area contributed by atoms with Gasteiger partial charge >= 0.3 is 0 Å². The highest BCUT2D eigenvalue weighted by Gasteiger charge is 2.15. The number of hydrogen-bond acceptors (Lipinski definition) is 7. The second kappa shape index (κ2) is 11.6.